The highest BCUT2D eigenvalue weighted by Crippen LogP contribution is 2.60. The molecule has 0 radical (unpaired) electrons. The van der Waals surface area contributed by atoms with E-state index in [0.29, 0.717) is 41.1 Å². The molecule has 3 aromatic carbocycles. The van der Waals surface area contributed by atoms with E-state index in [-0.39, 0.29) is 28.7 Å². The first-order valence-corrected chi connectivity index (χ1v) is 19.4. The molecule has 2 saturated carbocycles. The van der Waals surface area contributed by atoms with Gasteiger partial charge in [0.15, 0.2) is 0 Å². The molecule has 2 fully saturated rings. The molecule has 9 rings (SSSR count). The van der Waals surface area contributed by atoms with Gasteiger partial charge in [0.1, 0.15) is 17.6 Å². The van der Waals surface area contributed by atoms with E-state index in [1.807, 2.05) is 6.08 Å². The maximum atomic E-state index is 12.8. The largest absolute Gasteiger partial charge is 0.497 e. The highest BCUT2D eigenvalue weighted by molar-refractivity contribution is 5.90. The number of carbonyl (C=O) groups excluding carboxylic acids is 1. The quantitative estimate of drug-likeness (QED) is 0.121. The normalized spacial score (nSPS) is 34.1. The van der Waals surface area contributed by atoms with E-state index >= 15 is 0 Å². The number of hydrogen-bond donors (Lipinski definition) is 1. The summed E-state index contributed by atoms with van der Waals surface area (Å²) in [7, 11) is 3.45. The van der Waals surface area contributed by atoms with Gasteiger partial charge in [0, 0.05) is 23.0 Å². The zero-order valence-corrected chi connectivity index (χ0v) is 31.2. The number of aliphatic hydroxyl groups excluding tert-OH is 1. The van der Waals surface area contributed by atoms with Crippen molar-refractivity contribution in [3.63, 3.8) is 0 Å². The third-order valence-electron chi connectivity index (χ3n) is 14.3. The van der Waals surface area contributed by atoms with Crippen molar-refractivity contribution in [2.24, 2.45) is 34.5 Å². The Kier molecular flexibility index (Phi) is 9.24. The first kappa shape index (κ1) is 35.6. The topological polar surface area (TPSA) is 108 Å². The lowest BCUT2D eigenvalue weighted by molar-refractivity contribution is -0.384. The molecule has 3 aromatic rings. The van der Waals surface area contributed by atoms with E-state index < -0.39 is 10.9 Å². The van der Waals surface area contributed by atoms with E-state index in [1.54, 1.807) is 14.2 Å². The van der Waals surface area contributed by atoms with Crippen molar-refractivity contribution in [1.82, 2.24) is 0 Å². The number of nitro groups is 1. The fraction of sp³-hybridized carbons (Fsp3) is 0.489. The van der Waals surface area contributed by atoms with Gasteiger partial charge in [0.25, 0.3) is 5.69 Å². The average molecular weight is 718 g/mol. The molecule has 6 aliphatic carbocycles. The molecular formula is C45H51NO7. The number of hydrogen-bond acceptors (Lipinski definition) is 7. The second-order valence-electron chi connectivity index (χ2n) is 16.7. The molecule has 278 valence electrons. The number of rotatable bonds is 5. The number of allylic oxidation sites excluding steroid dienone is 2. The predicted octanol–water partition coefficient (Wildman–Crippen LogP) is 9.15. The molecular weight excluding hydrogens is 666 g/mol. The molecule has 8 nitrogen and oxygen atoms in total. The molecule has 6 aliphatic rings. The summed E-state index contributed by atoms with van der Waals surface area (Å²) in [6.45, 7) is 4.52. The van der Waals surface area contributed by atoms with E-state index in [1.165, 1.54) is 59.4 Å². The van der Waals surface area contributed by atoms with Crippen LogP contribution in [0.1, 0.15) is 96.8 Å². The second kappa shape index (κ2) is 13.8. The fourth-order valence-corrected chi connectivity index (χ4v) is 11.3. The average Bonchev–Trinajstić information content (AvgIpc) is 3.68. The molecule has 1 N–H and O–H groups in total. The zero-order valence-electron chi connectivity index (χ0n) is 31.2. The van der Waals surface area contributed by atoms with Gasteiger partial charge in [-0.05, 0) is 152 Å². The van der Waals surface area contributed by atoms with E-state index in [9.17, 15) is 20.0 Å². The van der Waals surface area contributed by atoms with Crippen LogP contribution in [0.5, 0.6) is 11.5 Å². The van der Waals surface area contributed by atoms with Crippen LogP contribution in [-0.4, -0.2) is 42.4 Å². The van der Waals surface area contributed by atoms with Gasteiger partial charge >= 0.3 is 5.97 Å². The summed E-state index contributed by atoms with van der Waals surface area (Å²) < 4.78 is 16.7. The monoisotopic (exact) mass is 717 g/mol. The van der Waals surface area contributed by atoms with Crippen molar-refractivity contribution in [1.29, 1.82) is 0 Å². The predicted molar refractivity (Wildman–Crippen MR) is 203 cm³/mol. The van der Waals surface area contributed by atoms with Gasteiger partial charge in [0.2, 0.25) is 0 Å². The summed E-state index contributed by atoms with van der Waals surface area (Å²) in [6.07, 6.45) is 17.1. The summed E-state index contributed by atoms with van der Waals surface area (Å²) in [5.74, 6) is 4.79. The number of methoxy groups -OCH3 is 2. The molecule has 8 heteroatoms. The summed E-state index contributed by atoms with van der Waals surface area (Å²) in [5.41, 5.74) is 6.10. The minimum Gasteiger partial charge on any atom is -0.497 e. The summed E-state index contributed by atoms with van der Waals surface area (Å²) in [6, 6.07) is 18.7. The molecule has 0 spiro atoms. The number of aliphatic hydroxyl groups is 1. The third kappa shape index (κ3) is 6.07. The molecule has 0 heterocycles. The standard InChI is InChI=1S/C26H27NO5.C19H24O2/c1-26-14-13-21-20-10-8-19(31-2)15-17(20)5-9-22(21)23(26)11-12-24(26)32-25(28)16-3-6-18(7-4-16)27(29)30;1-19-10-9-15-14-6-4-13(21-2)11-12(14)3-5-16(15)17(19)7-8-18(19)20/h3-4,6-8,10-12,15,21-24H,5,9,13-14H2,1-2H3;4,6-8,11,15-18,20H,3,5,9-10H2,1-2H3/t21?,22?,23?,24?,26-;15?,16?,17?,18-,19-/m00/s1. The number of nitrogens with zero attached hydrogens (tertiary/aromatic N) is 1. The van der Waals surface area contributed by atoms with Crippen LogP contribution in [0.3, 0.4) is 0 Å². The highest BCUT2D eigenvalue weighted by atomic mass is 16.6. The minimum absolute atomic E-state index is 0.0390. The van der Waals surface area contributed by atoms with Gasteiger partial charge in [0.05, 0.1) is 30.8 Å². The van der Waals surface area contributed by atoms with Gasteiger partial charge in [-0.25, -0.2) is 4.79 Å². The Balaban J connectivity index is 0.000000164. The Hall–Kier alpha value is -4.43. The molecule has 10 atom stereocenters. The van der Waals surface area contributed by atoms with Crippen molar-refractivity contribution in [3.05, 3.63) is 123 Å². The van der Waals surface area contributed by atoms with Crippen LogP contribution in [0, 0.1) is 44.6 Å². The van der Waals surface area contributed by atoms with Gasteiger partial charge in [-0.1, -0.05) is 44.2 Å². The summed E-state index contributed by atoms with van der Waals surface area (Å²) >= 11 is 0. The number of ether oxygens (including phenoxy) is 3. The Labute approximate surface area is 312 Å². The SMILES string of the molecule is COc1ccc2c(c1)CCC1C2CC[C@@]2(C)C1C=C[C@@H]2O.COc1ccc2c(c1)CCC1C2CC[C@]2(C)C(OC(=O)c3ccc([N+](=O)[O-])cc3)C=CC12. The fourth-order valence-electron chi connectivity index (χ4n) is 11.3. The van der Waals surface area contributed by atoms with Crippen molar-refractivity contribution >= 4 is 11.7 Å². The smallest absolute Gasteiger partial charge is 0.338 e. The molecule has 0 amide bonds. The van der Waals surface area contributed by atoms with Gasteiger partial charge in [-0.15, -0.1) is 0 Å². The van der Waals surface area contributed by atoms with Gasteiger partial charge < -0.3 is 19.3 Å². The first-order chi connectivity index (χ1) is 25.5. The van der Waals surface area contributed by atoms with Crippen molar-refractivity contribution in [2.45, 2.75) is 89.3 Å². The number of esters is 1. The van der Waals surface area contributed by atoms with Crippen LogP contribution in [-0.2, 0) is 17.6 Å². The lowest BCUT2D eigenvalue weighted by Crippen LogP contribution is -2.45. The number of nitro benzene ring substituents is 1. The maximum Gasteiger partial charge on any atom is 0.338 e. The number of aryl methyl sites for hydroxylation is 2. The molecule has 0 bridgehead atoms. The van der Waals surface area contributed by atoms with Crippen LogP contribution in [0.4, 0.5) is 5.69 Å². The molecule has 0 aliphatic heterocycles. The van der Waals surface area contributed by atoms with Crippen LogP contribution in [0.2, 0.25) is 0 Å². The Bertz CT molecular complexity index is 1950. The van der Waals surface area contributed by atoms with Crippen LogP contribution < -0.4 is 9.47 Å². The highest BCUT2D eigenvalue weighted by Gasteiger charge is 2.54. The zero-order chi connectivity index (χ0) is 37.1. The third-order valence-corrected chi connectivity index (χ3v) is 14.3. The molecule has 7 unspecified atom stereocenters. The first-order valence-electron chi connectivity index (χ1n) is 19.4. The number of carbonyl (C=O) groups is 1. The van der Waals surface area contributed by atoms with Crippen molar-refractivity contribution in [3.8, 4) is 11.5 Å². The molecule has 53 heavy (non-hydrogen) atoms. The Morgan fingerprint density at radius 2 is 1.26 bits per heavy atom. The van der Waals surface area contributed by atoms with Gasteiger partial charge in [-0.2, -0.15) is 0 Å². The van der Waals surface area contributed by atoms with Crippen molar-refractivity contribution < 1.29 is 29.0 Å². The van der Waals surface area contributed by atoms with Crippen molar-refractivity contribution in [2.75, 3.05) is 14.2 Å². The minimum atomic E-state index is -0.475. The second-order valence-corrected chi connectivity index (χ2v) is 16.7. The maximum absolute atomic E-state index is 12.8. The van der Waals surface area contributed by atoms with E-state index in [4.69, 9.17) is 14.2 Å². The van der Waals surface area contributed by atoms with E-state index in [2.05, 4.69) is 68.5 Å². The Morgan fingerprint density at radius 1 is 0.736 bits per heavy atom. The lowest BCUT2D eigenvalue weighted by Gasteiger charge is -2.50. The summed E-state index contributed by atoms with van der Waals surface area (Å²) in [5, 5.41) is 21.2. The number of fused-ring (bicyclic) bond motifs is 10. The van der Waals surface area contributed by atoms with Crippen LogP contribution in [0.25, 0.3) is 0 Å². The number of non-ortho nitro benzene ring substituents is 1. The van der Waals surface area contributed by atoms with Gasteiger partial charge in [-0.3, -0.25) is 10.1 Å². The number of benzene rings is 3. The van der Waals surface area contributed by atoms with E-state index in [0.717, 1.165) is 50.0 Å². The van der Waals surface area contributed by atoms with Crippen LogP contribution in [0.15, 0.2) is 85.0 Å². The Morgan fingerprint density at radius 3 is 1.81 bits per heavy atom. The summed E-state index contributed by atoms with van der Waals surface area (Å²) in [4.78, 5) is 23.2. The molecule has 0 aromatic heterocycles. The molecule has 0 saturated heterocycles. The lowest BCUT2D eigenvalue weighted by atomic mass is 9.55. The van der Waals surface area contributed by atoms with Crippen LogP contribution >= 0.6 is 0 Å².